The molecule has 0 bridgehead atoms. The van der Waals surface area contributed by atoms with E-state index in [-0.39, 0.29) is 11.9 Å². The predicted octanol–water partition coefficient (Wildman–Crippen LogP) is 6.15. The number of unbranched alkanes of at least 4 members (excludes halogenated alkanes) is 4. The van der Waals surface area contributed by atoms with Gasteiger partial charge in [0.15, 0.2) is 6.29 Å². The van der Waals surface area contributed by atoms with Crippen LogP contribution >= 0.6 is 11.8 Å². The number of benzene rings is 1. The highest BCUT2D eigenvalue weighted by molar-refractivity contribution is 8.03. The summed E-state index contributed by atoms with van der Waals surface area (Å²) in [6.07, 6.45) is 12.3. The maximum Gasteiger partial charge on any atom is 0.305 e. The molecule has 190 valence electrons. The van der Waals surface area contributed by atoms with Crippen LogP contribution in [0.2, 0.25) is 0 Å². The molecular weight excluding hydrogens is 448 g/mol. The molecule has 0 fully saturated rings. The molecule has 0 aromatic heterocycles. The molecule has 0 saturated carbocycles. The molecule has 0 radical (unpaired) electrons. The first-order chi connectivity index (χ1) is 16.5. The minimum atomic E-state index is -0.830. The number of methoxy groups -OCH3 is 1. The Morgan fingerprint density at radius 3 is 2.71 bits per heavy atom. The van der Waals surface area contributed by atoms with Crippen molar-refractivity contribution in [3.8, 4) is 0 Å². The van der Waals surface area contributed by atoms with E-state index in [9.17, 15) is 15.0 Å². The summed E-state index contributed by atoms with van der Waals surface area (Å²) in [5.41, 5.74) is 1.37. The van der Waals surface area contributed by atoms with Crippen LogP contribution in [0.5, 0.6) is 0 Å². The fourth-order valence-electron chi connectivity index (χ4n) is 4.06. The highest BCUT2D eigenvalue weighted by Gasteiger charge is 2.34. The van der Waals surface area contributed by atoms with Crippen molar-refractivity contribution in [1.29, 1.82) is 0 Å². The van der Waals surface area contributed by atoms with E-state index in [1.165, 1.54) is 12.7 Å². The minimum Gasteiger partial charge on any atom is -0.469 e. The summed E-state index contributed by atoms with van der Waals surface area (Å²) in [7, 11) is 1.42. The lowest BCUT2D eigenvalue weighted by molar-refractivity contribution is -0.140. The Balaban J connectivity index is 1.86. The van der Waals surface area contributed by atoms with Crippen LogP contribution in [0.1, 0.15) is 76.7 Å². The van der Waals surface area contributed by atoms with E-state index in [0.717, 1.165) is 67.8 Å². The van der Waals surface area contributed by atoms with Crippen molar-refractivity contribution < 1.29 is 24.5 Å². The summed E-state index contributed by atoms with van der Waals surface area (Å²) in [4.78, 5) is 12.3. The molecule has 5 nitrogen and oxygen atoms in total. The lowest BCUT2D eigenvalue weighted by Crippen LogP contribution is -2.13. The van der Waals surface area contributed by atoms with Gasteiger partial charge in [0.1, 0.15) is 5.76 Å². The van der Waals surface area contributed by atoms with Gasteiger partial charge in [0.2, 0.25) is 0 Å². The molecule has 0 heterocycles. The van der Waals surface area contributed by atoms with Crippen molar-refractivity contribution in [1.82, 2.24) is 0 Å². The Kier molecular flexibility index (Phi) is 14.1. The number of hydrogen-bond acceptors (Lipinski definition) is 6. The monoisotopic (exact) mass is 490 g/mol. The number of ether oxygens (including phenoxy) is 2. The number of allylic oxidation sites excluding steroid dienone is 1. The first-order valence-corrected chi connectivity index (χ1v) is 13.7. The van der Waals surface area contributed by atoms with Crippen molar-refractivity contribution in [2.24, 2.45) is 5.92 Å². The molecule has 1 aliphatic carbocycles. The third kappa shape index (κ3) is 10.7. The van der Waals surface area contributed by atoms with E-state index in [4.69, 9.17) is 9.47 Å². The Bertz CT molecular complexity index is 761. The molecule has 2 N–H and O–H groups in total. The molecule has 2 rings (SSSR count). The van der Waals surface area contributed by atoms with Gasteiger partial charge in [-0.15, -0.1) is 11.8 Å². The zero-order chi connectivity index (χ0) is 24.6. The van der Waals surface area contributed by atoms with Gasteiger partial charge in [-0.2, -0.15) is 0 Å². The molecule has 0 amide bonds. The van der Waals surface area contributed by atoms with Gasteiger partial charge in [-0.25, -0.2) is 0 Å². The topological polar surface area (TPSA) is 76.0 Å². The standard InChI is InChI=1S/C28H42O5S/c1-3-14-27(31)33-25-21-24(29)23(28(25)34-20-13-7-12-19-26(30)32-2)18-11-5-4-8-15-22-16-9-6-10-17-22/h6,9-11,16-18,23-24,27,29,31H,3-5,7-8,12-15,19-21H2,1-2H3/b18-11+/t23-,24?,27?/m0/s1. The number of aliphatic hydroxyl groups is 2. The summed E-state index contributed by atoms with van der Waals surface area (Å²) in [5.74, 6) is 1.37. The molecule has 3 atom stereocenters. The zero-order valence-corrected chi connectivity index (χ0v) is 21.6. The zero-order valence-electron chi connectivity index (χ0n) is 20.8. The fourth-order valence-corrected chi connectivity index (χ4v) is 5.35. The van der Waals surface area contributed by atoms with Gasteiger partial charge >= 0.3 is 5.97 Å². The Labute approximate surface area is 209 Å². The van der Waals surface area contributed by atoms with Crippen LogP contribution in [0, 0.1) is 5.92 Å². The van der Waals surface area contributed by atoms with Gasteiger partial charge < -0.3 is 19.7 Å². The summed E-state index contributed by atoms with van der Waals surface area (Å²) in [5, 5.41) is 20.9. The van der Waals surface area contributed by atoms with Crippen molar-refractivity contribution in [2.45, 2.75) is 89.9 Å². The summed E-state index contributed by atoms with van der Waals surface area (Å²) < 4.78 is 10.5. The van der Waals surface area contributed by atoms with Crippen LogP contribution in [0.25, 0.3) is 0 Å². The smallest absolute Gasteiger partial charge is 0.305 e. The van der Waals surface area contributed by atoms with E-state index in [1.807, 2.05) is 13.0 Å². The van der Waals surface area contributed by atoms with Crippen LogP contribution in [-0.2, 0) is 20.7 Å². The number of carbonyl (C=O) groups is 1. The third-order valence-corrected chi connectivity index (χ3v) is 7.29. The van der Waals surface area contributed by atoms with Crippen molar-refractivity contribution in [3.63, 3.8) is 0 Å². The number of rotatable bonds is 17. The number of thioether (sulfide) groups is 1. The first kappa shape index (κ1) is 28.5. The van der Waals surface area contributed by atoms with Gasteiger partial charge in [-0.05, 0) is 49.8 Å². The maximum atomic E-state index is 11.3. The van der Waals surface area contributed by atoms with Gasteiger partial charge in [-0.3, -0.25) is 4.79 Å². The molecule has 34 heavy (non-hydrogen) atoms. The molecule has 1 aromatic rings. The minimum absolute atomic E-state index is 0.0852. The molecular formula is C28H42O5S. The molecule has 0 aliphatic heterocycles. The van der Waals surface area contributed by atoms with Crippen molar-refractivity contribution in [3.05, 3.63) is 58.7 Å². The normalized spacial score (nSPS) is 19.1. The van der Waals surface area contributed by atoms with Crippen LogP contribution in [0.3, 0.4) is 0 Å². The molecule has 0 spiro atoms. The van der Waals surface area contributed by atoms with Gasteiger partial charge in [0.05, 0.1) is 13.2 Å². The van der Waals surface area contributed by atoms with E-state index in [1.54, 1.807) is 11.8 Å². The largest absolute Gasteiger partial charge is 0.469 e. The lowest BCUT2D eigenvalue weighted by Gasteiger charge is -2.16. The summed E-state index contributed by atoms with van der Waals surface area (Å²) >= 11 is 1.71. The average Bonchev–Trinajstić information content (AvgIpc) is 3.12. The van der Waals surface area contributed by atoms with Crippen LogP contribution in [0.4, 0.5) is 0 Å². The predicted molar refractivity (Wildman–Crippen MR) is 139 cm³/mol. The van der Waals surface area contributed by atoms with Crippen molar-refractivity contribution in [2.75, 3.05) is 12.9 Å². The molecule has 1 aromatic carbocycles. The number of carbonyl (C=O) groups excluding carboxylic acids is 1. The highest BCUT2D eigenvalue weighted by Crippen LogP contribution is 2.42. The average molecular weight is 491 g/mol. The summed E-state index contributed by atoms with van der Waals surface area (Å²) in [6.45, 7) is 2.01. The number of aryl methyl sites for hydroxylation is 1. The van der Waals surface area contributed by atoms with E-state index in [2.05, 4.69) is 36.4 Å². The summed E-state index contributed by atoms with van der Waals surface area (Å²) in [6, 6.07) is 10.5. The molecule has 1 aliphatic rings. The molecule has 0 saturated heterocycles. The third-order valence-electron chi connectivity index (χ3n) is 5.98. The van der Waals surface area contributed by atoms with Crippen LogP contribution < -0.4 is 0 Å². The number of hydrogen-bond donors (Lipinski definition) is 2. The fraction of sp³-hybridized carbons (Fsp3) is 0.607. The van der Waals surface area contributed by atoms with E-state index >= 15 is 0 Å². The van der Waals surface area contributed by atoms with Crippen LogP contribution in [-0.4, -0.2) is 41.4 Å². The Morgan fingerprint density at radius 1 is 1.18 bits per heavy atom. The molecule has 2 unspecified atom stereocenters. The Hall–Kier alpha value is -1.76. The van der Waals surface area contributed by atoms with E-state index < -0.39 is 12.4 Å². The lowest BCUT2D eigenvalue weighted by atomic mass is 10.0. The quantitative estimate of drug-likeness (QED) is 0.118. The van der Waals surface area contributed by atoms with Crippen molar-refractivity contribution >= 4 is 17.7 Å². The van der Waals surface area contributed by atoms with Crippen LogP contribution in [0.15, 0.2) is 53.1 Å². The van der Waals surface area contributed by atoms with Gasteiger partial charge in [0, 0.05) is 30.1 Å². The Morgan fingerprint density at radius 2 is 1.97 bits per heavy atom. The first-order valence-electron chi connectivity index (χ1n) is 12.7. The van der Waals surface area contributed by atoms with Gasteiger partial charge in [-0.1, -0.05) is 62.2 Å². The van der Waals surface area contributed by atoms with E-state index in [0.29, 0.717) is 19.3 Å². The maximum absolute atomic E-state index is 11.3. The molecule has 6 heteroatoms. The number of esters is 1. The SMILES string of the molecule is CCCC(O)OC1=C(SCCCCCC(=O)OC)[C@@H](/C=C/CCCCc2ccccc2)C(O)C1. The number of aliphatic hydroxyl groups excluding tert-OH is 2. The second kappa shape index (κ2) is 16.8. The second-order valence-electron chi connectivity index (χ2n) is 8.84. The van der Waals surface area contributed by atoms with Gasteiger partial charge in [0.25, 0.3) is 0 Å². The highest BCUT2D eigenvalue weighted by atomic mass is 32.2. The second-order valence-corrected chi connectivity index (χ2v) is 9.98.